The van der Waals surface area contributed by atoms with E-state index in [4.69, 9.17) is 0 Å². The topological polar surface area (TPSA) is 60.9 Å². The second kappa shape index (κ2) is 6.72. The van der Waals surface area contributed by atoms with Crippen molar-refractivity contribution in [2.45, 2.75) is 38.5 Å². The van der Waals surface area contributed by atoms with Crippen LogP contribution in [0.15, 0.2) is 0 Å². The van der Waals surface area contributed by atoms with Crippen molar-refractivity contribution in [1.82, 2.24) is 14.7 Å². The van der Waals surface area contributed by atoms with E-state index in [1.165, 1.54) is 22.6 Å². The number of likely N-dealkylation sites (N-methyl/N-ethyl adjacent to an activating group) is 1. The summed E-state index contributed by atoms with van der Waals surface area (Å²) in [6.07, 6.45) is 5.54. The normalized spacial score (nSPS) is 20.6. The largest absolute Gasteiger partial charge is 0.343 e. The van der Waals surface area contributed by atoms with E-state index in [0.29, 0.717) is 19.4 Å². The third-order valence-corrected chi connectivity index (χ3v) is 3.96. The Kier molecular flexibility index (Phi) is 4.98. The third kappa shape index (κ3) is 3.49. The number of amides is 4. The van der Waals surface area contributed by atoms with Gasteiger partial charge in [-0.3, -0.25) is 14.5 Å². The van der Waals surface area contributed by atoms with Crippen LogP contribution in [0.1, 0.15) is 38.5 Å². The minimum Gasteiger partial charge on any atom is -0.343 e. The second-order valence-electron chi connectivity index (χ2n) is 5.58. The van der Waals surface area contributed by atoms with E-state index in [9.17, 15) is 14.4 Å². The molecular weight excluding hydrogens is 258 g/mol. The molecule has 0 aromatic rings. The maximum absolute atomic E-state index is 12.1. The van der Waals surface area contributed by atoms with Crippen molar-refractivity contribution in [1.29, 1.82) is 0 Å². The van der Waals surface area contributed by atoms with Gasteiger partial charge >= 0.3 is 6.03 Å². The zero-order chi connectivity index (χ0) is 14.5. The Morgan fingerprint density at radius 2 is 1.75 bits per heavy atom. The number of nitrogens with zero attached hydrogens (tertiary/aromatic N) is 3. The lowest BCUT2D eigenvalue weighted by Crippen LogP contribution is -2.35. The van der Waals surface area contributed by atoms with Crippen LogP contribution in [-0.2, 0) is 9.59 Å². The lowest BCUT2D eigenvalue weighted by Gasteiger charge is -2.21. The molecule has 20 heavy (non-hydrogen) atoms. The minimum absolute atomic E-state index is 0.152. The van der Waals surface area contributed by atoms with E-state index in [1.807, 2.05) is 4.90 Å². The van der Waals surface area contributed by atoms with E-state index >= 15 is 0 Å². The lowest BCUT2D eigenvalue weighted by atomic mass is 10.2. The van der Waals surface area contributed by atoms with Crippen LogP contribution in [0.5, 0.6) is 0 Å². The Balaban J connectivity index is 1.73. The van der Waals surface area contributed by atoms with Gasteiger partial charge < -0.3 is 9.80 Å². The first-order valence-electron chi connectivity index (χ1n) is 7.43. The monoisotopic (exact) mass is 281 g/mol. The van der Waals surface area contributed by atoms with E-state index < -0.39 is 0 Å². The molecule has 0 saturated carbocycles. The van der Waals surface area contributed by atoms with E-state index in [2.05, 4.69) is 0 Å². The zero-order valence-electron chi connectivity index (χ0n) is 12.1. The molecule has 0 radical (unpaired) electrons. The molecule has 2 heterocycles. The summed E-state index contributed by atoms with van der Waals surface area (Å²) in [6, 6.07) is -0.253. The maximum Gasteiger partial charge on any atom is 0.326 e. The fraction of sp³-hybridized carbons (Fsp3) is 0.786. The molecule has 2 rings (SSSR count). The van der Waals surface area contributed by atoms with Gasteiger partial charge in [-0.05, 0) is 19.3 Å². The Morgan fingerprint density at radius 3 is 2.30 bits per heavy atom. The number of urea groups is 1. The molecule has 0 aromatic carbocycles. The SMILES string of the molecule is CN1CC(=O)N(CCCC(=O)N2CCCCCC2)C1=O. The molecule has 0 spiro atoms. The molecule has 2 fully saturated rings. The van der Waals surface area contributed by atoms with Crippen LogP contribution < -0.4 is 0 Å². The number of rotatable bonds is 4. The molecule has 2 saturated heterocycles. The molecule has 0 unspecified atom stereocenters. The Hall–Kier alpha value is -1.59. The summed E-state index contributed by atoms with van der Waals surface area (Å²) in [5, 5.41) is 0. The standard InChI is InChI=1S/C14H23N3O3/c1-15-11-13(19)17(14(15)20)10-6-7-12(18)16-8-4-2-3-5-9-16/h2-11H2,1H3. The van der Waals surface area contributed by atoms with Crippen LogP contribution >= 0.6 is 0 Å². The Bertz CT molecular complexity index is 389. The Labute approximate surface area is 119 Å². The van der Waals surface area contributed by atoms with Crippen molar-refractivity contribution < 1.29 is 14.4 Å². The molecule has 0 atom stereocenters. The fourth-order valence-electron chi connectivity index (χ4n) is 2.76. The van der Waals surface area contributed by atoms with Crippen LogP contribution in [0.4, 0.5) is 4.79 Å². The molecule has 2 aliphatic heterocycles. The molecule has 4 amide bonds. The van der Waals surface area contributed by atoms with Gasteiger partial charge in [-0.1, -0.05) is 12.8 Å². The third-order valence-electron chi connectivity index (χ3n) is 3.96. The highest BCUT2D eigenvalue weighted by Crippen LogP contribution is 2.13. The van der Waals surface area contributed by atoms with Gasteiger partial charge in [0, 0.05) is 33.1 Å². The highest BCUT2D eigenvalue weighted by molar-refractivity contribution is 6.01. The summed E-state index contributed by atoms with van der Waals surface area (Å²) in [4.78, 5) is 39.9. The van der Waals surface area contributed by atoms with Gasteiger partial charge in [-0.25, -0.2) is 4.79 Å². The highest BCUT2D eigenvalue weighted by Gasteiger charge is 2.32. The lowest BCUT2D eigenvalue weighted by molar-refractivity contribution is -0.132. The van der Waals surface area contributed by atoms with Crippen LogP contribution in [0.3, 0.4) is 0 Å². The molecule has 0 N–H and O–H groups in total. The molecule has 6 heteroatoms. The molecule has 112 valence electrons. The smallest absolute Gasteiger partial charge is 0.326 e. The number of hydrogen-bond donors (Lipinski definition) is 0. The van der Waals surface area contributed by atoms with E-state index in [0.717, 1.165) is 25.9 Å². The van der Waals surface area contributed by atoms with Crippen molar-refractivity contribution in [3.05, 3.63) is 0 Å². The van der Waals surface area contributed by atoms with Crippen molar-refractivity contribution in [2.24, 2.45) is 0 Å². The van der Waals surface area contributed by atoms with Gasteiger partial charge in [0.1, 0.15) is 6.54 Å². The predicted octanol–water partition coefficient (Wildman–Crippen LogP) is 1.06. The van der Waals surface area contributed by atoms with Gasteiger partial charge in [0.2, 0.25) is 11.8 Å². The van der Waals surface area contributed by atoms with Crippen molar-refractivity contribution in [2.75, 3.05) is 33.2 Å². The summed E-state index contributed by atoms with van der Waals surface area (Å²) in [6.45, 7) is 2.20. The zero-order valence-corrected chi connectivity index (χ0v) is 12.1. The number of hydrogen-bond acceptors (Lipinski definition) is 3. The van der Waals surface area contributed by atoms with Crippen molar-refractivity contribution in [3.8, 4) is 0 Å². The second-order valence-corrected chi connectivity index (χ2v) is 5.58. The first-order valence-corrected chi connectivity index (χ1v) is 7.43. The molecule has 0 aromatic heterocycles. The van der Waals surface area contributed by atoms with Crippen LogP contribution in [0.2, 0.25) is 0 Å². The molecule has 0 aliphatic carbocycles. The molecule has 2 aliphatic rings. The average molecular weight is 281 g/mol. The van der Waals surface area contributed by atoms with E-state index in [1.54, 1.807) is 7.05 Å². The average Bonchev–Trinajstić information content (AvgIpc) is 2.67. The quantitative estimate of drug-likeness (QED) is 0.724. The number of likely N-dealkylation sites (tertiary alicyclic amines) is 1. The van der Waals surface area contributed by atoms with Crippen LogP contribution in [0, 0.1) is 0 Å². The number of carbonyl (C=O) groups excluding carboxylic acids is 3. The minimum atomic E-state index is -0.253. The fourth-order valence-corrected chi connectivity index (χ4v) is 2.76. The summed E-state index contributed by atoms with van der Waals surface area (Å²) < 4.78 is 0. The summed E-state index contributed by atoms with van der Waals surface area (Å²) >= 11 is 0. The highest BCUT2D eigenvalue weighted by atomic mass is 16.2. The van der Waals surface area contributed by atoms with Crippen molar-refractivity contribution >= 4 is 17.8 Å². The van der Waals surface area contributed by atoms with Crippen molar-refractivity contribution in [3.63, 3.8) is 0 Å². The number of carbonyl (C=O) groups is 3. The van der Waals surface area contributed by atoms with E-state index in [-0.39, 0.29) is 24.4 Å². The Morgan fingerprint density at radius 1 is 1.10 bits per heavy atom. The maximum atomic E-state index is 12.1. The predicted molar refractivity (Wildman–Crippen MR) is 74.0 cm³/mol. The first-order chi connectivity index (χ1) is 9.59. The molecular formula is C14H23N3O3. The summed E-state index contributed by atoms with van der Waals surface area (Å²) in [5.74, 6) is -0.0147. The van der Waals surface area contributed by atoms with Crippen LogP contribution in [0.25, 0.3) is 0 Å². The first kappa shape index (κ1) is 14.8. The van der Waals surface area contributed by atoms with Gasteiger partial charge in [-0.2, -0.15) is 0 Å². The van der Waals surface area contributed by atoms with Crippen LogP contribution in [-0.4, -0.2) is 65.8 Å². The van der Waals surface area contributed by atoms with Gasteiger partial charge in [0.15, 0.2) is 0 Å². The van der Waals surface area contributed by atoms with Gasteiger partial charge in [-0.15, -0.1) is 0 Å². The molecule has 6 nitrogen and oxygen atoms in total. The van der Waals surface area contributed by atoms with Gasteiger partial charge in [0.25, 0.3) is 0 Å². The number of imide groups is 1. The summed E-state index contributed by atoms with van der Waals surface area (Å²) in [7, 11) is 1.61. The molecule has 0 bridgehead atoms. The summed E-state index contributed by atoms with van der Waals surface area (Å²) in [5.41, 5.74) is 0. The van der Waals surface area contributed by atoms with Gasteiger partial charge in [0.05, 0.1) is 0 Å².